The van der Waals surface area contributed by atoms with Gasteiger partial charge in [0.2, 0.25) is 0 Å². The summed E-state index contributed by atoms with van der Waals surface area (Å²) >= 11 is 0. The number of aromatic hydroxyl groups is 1. The van der Waals surface area contributed by atoms with Gasteiger partial charge in [0, 0.05) is 39.8 Å². The molecule has 0 amide bonds. The van der Waals surface area contributed by atoms with Crippen molar-refractivity contribution >= 4 is 11.0 Å². The zero-order valence-electron chi connectivity index (χ0n) is 43.1. The number of nitrogens with zero attached hydrogens (tertiary/aromatic N) is 3. The van der Waals surface area contributed by atoms with Crippen molar-refractivity contribution in [2.24, 2.45) is 0 Å². The third-order valence-corrected chi connectivity index (χ3v) is 12.2. The van der Waals surface area contributed by atoms with Crippen molar-refractivity contribution in [2.75, 3.05) is 0 Å². The van der Waals surface area contributed by atoms with Gasteiger partial charge >= 0.3 is 0 Å². The SMILES string of the molecule is [2H]C([2H])([2H])c1cc(-c2cc(C(C)C)cc(C([2H])(C)C)c2)ccc1-n1c(-c2cc(C)cc(C)c2O)nc2c(-c3[c-]c(-c4cc(-c5ccc(C([2H])(C)C)cc5)ccn4)cc(-c4ccccc4)c3)cccc21.[Pt]. The first-order valence-corrected chi connectivity index (χ1v) is 22.0. The molecule has 65 heavy (non-hydrogen) atoms. The molecular formula is C60H56N3OPt-. The maximum Gasteiger partial charge on any atom is 0.148 e. The number of hydrogen-bond donors (Lipinski definition) is 1. The van der Waals surface area contributed by atoms with Crippen LogP contribution in [0.2, 0.25) is 0 Å². The first-order chi connectivity index (χ1) is 32.6. The van der Waals surface area contributed by atoms with Gasteiger partial charge in [-0.05, 0) is 130 Å². The average molecular weight is 1040 g/mol. The molecule has 328 valence electrons. The van der Waals surface area contributed by atoms with Crippen molar-refractivity contribution in [3.63, 3.8) is 0 Å². The smallest absolute Gasteiger partial charge is 0.148 e. The molecular weight excluding hydrogens is 974 g/mol. The summed E-state index contributed by atoms with van der Waals surface area (Å²) in [5.74, 6) is -0.922. The molecule has 5 heteroatoms. The van der Waals surface area contributed by atoms with E-state index in [1.807, 2.05) is 149 Å². The molecule has 0 aliphatic carbocycles. The number of para-hydroxylation sites is 1. The van der Waals surface area contributed by atoms with Gasteiger partial charge in [0.25, 0.3) is 0 Å². The number of aryl methyl sites for hydroxylation is 3. The first-order valence-electron chi connectivity index (χ1n) is 24.5. The van der Waals surface area contributed by atoms with Gasteiger partial charge in [0.15, 0.2) is 0 Å². The van der Waals surface area contributed by atoms with Crippen LogP contribution >= 0.6 is 0 Å². The molecule has 9 aromatic rings. The molecule has 4 nitrogen and oxygen atoms in total. The van der Waals surface area contributed by atoms with Gasteiger partial charge in [0.1, 0.15) is 11.6 Å². The van der Waals surface area contributed by atoms with Gasteiger partial charge in [-0.2, -0.15) is 0 Å². The minimum absolute atomic E-state index is 0. The Morgan fingerprint density at radius 2 is 1.26 bits per heavy atom. The molecule has 0 saturated heterocycles. The van der Waals surface area contributed by atoms with Gasteiger partial charge in [-0.3, -0.25) is 9.55 Å². The van der Waals surface area contributed by atoms with Crippen LogP contribution in [0.15, 0.2) is 152 Å². The summed E-state index contributed by atoms with van der Waals surface area (Å²) in [6.07, 6.45) is 1.81. The van der Waals surface area contributed by atoms with Gasteiger partial charge in [-0.15, -0.1) is 23.8 Å². The Morgan fingerprint density at radius 3 is 1.98 bits per heavy atom. The molecule has 0 saturated carbocycles. The monoisotopic (exact) mass is 1030 g/mol. The summed E-state index contributed by atoms with van der Waals surface area (Å²) in [5, 5.41) is 11.8. The Bertz CT molecular complexity index is 3400. The van der Waals surface area contributed by atoms with E-state index in [1.165, 1.54) is 0 Å². The maximum atomic E-state index is 11.8. The third-order valence-electron chi connectivity index (χ3n) is 12.2. The van der Waals surface area contributed by atoms with E-state index in [-0.39, 0.29) is 38.3 Å². The van der Waals surface area contributed by atoms with Gasteiger partial charge in [-0.25, -0.2) is 4.98 Å². The van der Waals surface area contributed by atoms with E-state index in [1.54, 1.807) is 6.07 Å². The molecule has 0 fully saturated rings. The fourth-order valence-electron chi connectivity index (χ4n) is 8.63. The van der Waals surface area contributed by atoms with Crippen molar-refractivity contribution < 1.29 is 33.0 Å². The molecule has 0 aliphatic heterocycles. The van der Waals surface area contributed by atoms with Gasteiger partial charge < -0.3 is 5.11 Å². The molecule has 0 spiro atoms. The van der Waals surface area contributed by atoms with Crippen LogP contribution in [-0.2, 0) is 21.1 Å². The van der Waals surface area contributed by atoms with E-state index >= 15 is 0 Å². The minimum atomic E-state index is -2.55. The standard InChI is InChI=1S/C60H56N3O.Pt/c1-36(2)42-18-20-44(21-19-42)46-24-25-61-55(35-46)52-33-49(43-14-11-10-12-15-43)32-51(34-52)53-16-13-17-57-58(53)62-60(54-27-39(7)26-41(9)59(54)64)63(57)56-23-22-45(28-40(56)8)50-30-47(37(3)4)29-48(31-50)38(5)6;/h10-33,35-38,64H,1-9H3;/q-1;/i8D3,36D,37D;. The second kappa shape index (κ2) is 18.6. The van der Waals surface area contributed by atoms with Crippen LogP contribution < -0.4 is 0 Å². The summed E-state index contributed by atoms with van der Waals surface area (Å²) in [4.78, 5) is 10.3. The molecule has 0 radical (unpaired) electrons. The molecule has 1 N–H and O–H groups in total. The van der Waals surface area contributed by atoms with E-state index < -0.39 is 18.6 Å². The zero-order valence-corrected chi connectivity index (χ0v) is 40.4. The zero-order chi connectivity index (χ0) is 49.2. The summed E-state index contributed by atoms with van der Waals surface area (Å²) < 4.78 is 46.3. The van der Waals surface area contributed by atoms with Crippen molar-refractivity contribution in [3.8, 4) is 78.6 Å². The molecule has 2 aromatic heterocycles. The Morgan fingerprint density at radius 1 is 0.585 bits per heavy atom. The fraction of sp³-hybridized carbons (Fsp3) is 0.200. The van der Waals surface area contributed by atoms with Crippen molar-refractivity contribution in [1.29, 1.82) is 0 Å². The largest absolute Gasteiger partial charge is 0.507 e. The molecule has 7 aromatic carbocycles. The number of phenols is 1. The normalized spacial score (nSPS) is 13.2. The maximum absolute atomic E-state index is 11.8. The number of fused-ring (bicyclic) bond motifs is 1. The van der Waals surface area contributed by atoms with Crippen LogP contribution in [-0.4, -0.2) is 19.6 Å². The van der Waals surface area contributed by atoms with E-state index in [9.17, 15) is 5.11 Å². The van der Waals surface area contributed by atoms with Crippen LogP contribution in [0, 0.1) is 26.8 Å². The predicted octanol–water partition coefficient (Wildman–Crippen LogP) is 16.2. The number of aromatic nitrogens is 3. The summed E-state index contributed by atoms with van der Waals surface area (Å²) in [6, 6.07) is 51.7. The second-order valence-electron chi connectivity index (χ2n) is 17.7. The number of rotatable bonds is 10. The Hall–Kier alpha value is -6.35. The molecule has 2 heterocycles. The Kier molecular flexibility index (Phi) is 11.2. The first kappa shape index (κ1) is 39.1. The number of benzene rings is 7. The molecule has 0 unspecified atom stereocenters. The van der Waals surface area contributed by atoms with Crippen LogP contribution in [0.5, 0.6) is 5.75 Å². The summed E-state index contributed by atoms with van der Waals surface area (Å²) in [7, 11) is 0. The average Bonchev–Trinajstić information content (AvgIpc) is 3.71. The second-order valence-corrected chi connectivity index (χ2v) is 17.7. The van der Waals surface area contributed by atoms with Crippen LogP contribution in [0.1, 0.15) is 99.5 Å². The van der Waals surface area contributed by atoms with Crippen LogP contribution in [0.25, 0.3) is 83.9 Å². The van der Waals surface area contributed by atoms with Crippen molar-refractivity contribution in [3.05, 3.63) is 191 Å². The van der Waals surface area contributed by atoms with Gasteiger partial charge in [0.05, 0.1) is 22.3 Å². The predicted molar refractivity (Wildman–Crippen MR) is 268 cm³/mol. The van der Waals surface area contributed by atoms with Crippen LogP contribution in [0.3, 0.4) is 0 Å². The summed E-state index contributed by atoms with van der Waals surface area (Å²) in [6.45, 7) is 13.0. The van der Waals surface area contributed by atoms with E-state index in [0.717, 1.165) is 78.0 Å². The number of hydrogen-bond acceptors (Lipinski definition) is 3. The van der Waals surface area contributed by atoms with E-state index in [0.29, 0.717) is 33.7 Å². The van der Waals surface area contributed by atoms with Crippen molar-refractivity contribution in [1.82, 2.24) is 14.5 Å². The molecule has 0 aliphatic rings. The number of phenolic OH excluding ortho intramolecular Hbond substituents is 1. The van der Waals surface area contributed by atoms with Crippen LogP contribution in [0.4, 0.5) is 0 Å². The molecule has 0 bridgehead atoms. The van der Waals surface area contributed by atoms with E-state index in [4.69, 9.17) is 16.8 Å². The Labute approximate surface area is 406 Å². The minimum Gasteiger partial charge on any atom is -0.507 e. The quantitative estimate of drug-likeness (QED) is 0.139. The summed E-state index contributed by atoms with van der Waals surface area (Å²) in [5.41, 5.74) is 15.3. The van der Waals surface area contributed by atoms with E-state index in [2.05, 4.69) is 62.4 Å². The molecule has 0 atom stereocenters. The molecule has 9 rings (SSSR count). The third kappa shape index (κ3) is 9.02. The Balaban J connectivity index is 0.00000659. The number of pyridine rings is 1. The fourth-order valence-corrected chi connectivity index (χ4v) is 8.63. The van der Waals surface area contributed by atoms with Gasteiger partial charge in [-0.1, -0.05) is 161 Å². The van der Waals surface area contributed by atoms with Crippen molar-refractivity contribution in [2.45, 2.75) is 79.9 Å². The number of imidazole rings is 1. The topological polar surface area (TPSA) is 50.9 Å².